The van der Waals surface area contributed by atoms with E-state index in [-0.39, 0.29) is 0 Å². The van der Waals surface area contributed by atoms with Gasteiger partial charge in [0.1, 0.15) is 0 Å². The fourth-order valence-electron chi connectivity index (χ4n) is 0.637. The minimum atomic E-state index is -3.46. The second-order valence-electron chi connectivity index (χ2n) is 1.73. The largest absolute Gasteiger partial charge is 0.300 e. The number of halogens is 1. The van der Waals surface area contributed by atoms with Gasteiger partial charge < -0.3 is 0 Å². The van der Waals surface area contributed by atoms with Crippen molar-refractivity contribution in [2.24, 2.45) is 0 Å². The van der Waals surface area contributed by atoms with Crippen molar-refractivity contribution in [2.45, 2.75) is 0 Å². The van der Waals surface area contributed by atoms with Crippen LogP contribution in [0.1, 0.15) is 0 Å². The van der Waals surface area contributed by atoms with Crippen LogP contribution in [-0.4, -0.2) is 25.8 Å². The van der Waals surface area contributed by atoms with Gasteiger partial charge in [0.25, 0.3) is 9.24 Å². The van der Waals surface area contributed by atoms with Gasteiger partial charge in [0, 0.05) is 23.8 Å². The molecular weight excluding hydrogens is 162 g/mol. The summed E-state index contributed by atoms with van der Waals surface area (Å²) in [5.74, 6) is 0. The number of nitrogens with zero attached hydrogens (tertiary/aromatic N) is 1. The van der Waals surface area contributed by atoms with Gasteiger partial charge in [-0.25, -0.2) is 0 Å². The highest BCUT2D eigenvalue weighted by atomic mass is 35.7. The number of hydrogen-bond donors (Lipinski definition) is 0. The maximum Gasteiger partial charge on any atom is 0.300 e. The minimum Gasteiger partial charge on any atom is -0.195 e. The molecule has 0 aliphatic carbocycles. The van der Waals surface area contributed by atoms with Crippen molar-refractivity contribution in [3.05, 3.63) is 12.2 Å². The van der Waals surface area contributed by atoms with Crippen LogP contribution in [0.4, 0.5) is 0 Å². The lowest BCUT2D eigenvalue weighted by Crippen LogP contribution is -2.23. The lowest BCUT2D eigenvalue weighted by molar-refractivity contribution is 0.503. The van der Waals surface area contributed by atoms with Crippen molar-refractivity contribution in [1.82, 2.24) is 4.31 Å². The molecule has 0 N–H and O–H groups in total. The van der Waals surface area contributed by atoms with Crippen molar-refractivity contribution >= 4 is 19.9 Å². The summed E-state index contributed by atoms with van der Waals surface area (Å²) in [4.78, 5) is 0. The van der Waals surface area contributed by atoms with Crippen molar-refractivity contribution in [1.29, 1.82) is 0 Å². The summed E-state index contributed by atoms with van der Waals surface area (Å²) in [5.41, 5.74) is 0. The first kappa shape index (κ1) is 7.05. The molecule has 0 aromatic carbocycles. The maximum absolute atomic E-state index is 10.5. The lowest BCUT2D eigenvalue weighted by atomic mass is 10.6. The third kappa shape index (κ3) is 1.67. The standard InChI is InChI=1S/C4H6ClNO2S/c5-9(7,8)6-3-1-2-4-6/h1-2H,3-4H2. The minimum absolute atomic E-state index is 0.409. The molecule has 0 amide bonds. The fraction of sp³-hybridized carbons (Fsp3) is 0.500. The number of hydrogen-bond acceptors (Lipinski definition) is 2. The van der Waals surface area contributed by atoms with E-state index in [1.54, 1.807) is 12.2 Å². The van der Waals surface area contributed by atoms with Gasteiger partial charge in [-0.3, -0.25) is 0 Å². The Labute approximate surface area is 58.5 Å². The summed E-state index contributed by atoms with van der Waals surface area (Å²) in [6.45, 7) is 0.817. The molecule has 52 valence electrons. The van der Waals surface area contributed by atoms with Gasteiger partial charge in [0.2, 0.25) is 0 Å². The first-order valence-corrected chi connectivity index (χ1v) is 4.72. The van der Waals surface area contributed by atoms with E-state index >= 15 is 0 Å². The zero-order valence-electron chi connectivity index (χ0n) is 4.62. The normalized spacial score (nSPS) is 21.0. The molecule has 1 rings (SSSR count). The Balaban J connectivity index is 2.68. The molecule has 0 spiro atoms. The van der Waals surface area contributed by atoms with Gasteiger partial charge in [-0.2, -0.15) is 12.7 Å². The Morgan fingerprint density at radius 3 is 2.00 bits per heavy atom. The molecule has 9 heavy (non-hydrogen) atoms. The number of rotatable bonds is 1. The zero-order chi connectivity index (χ0) is 6.91. The van der Waals surface area contributed by atoms with Gasteiger partial charge in [-0.05, 0) is 0 Å². The van der Waals surface area contributed by atoms with E-state index in [0.717, 1.165) is 0 Å². The average molecular weight is 168 g/mol. The first-order chi connectivity index (χ1) is 4.11. The Morgan fingerprint density at radius 2 is 1.78 bits per heavy atom. The highest BCUT2D eigenvalue weighted by molar-refractivity contribution is 8.11. The molecule has 0 aromatic heterocycles. The molecule has 0 radical (unpaired) electrons. The van der Waals surface area contributed by atoms with E-state index in [9.17, 15) is 8.42 Å². The topological polar surface area (TPSA) is 37.4 Å². The van der Waals surface area contributed by atoms with E-state index in [2.05, 4.69) is 0 Å². The van der Waals surface area contributed by atoms with Crippen LogP contribution in [0.3, 0.4) is 0 Å². The third-order valence-corrected chi connectivity index (χ3v) is 2.59. The monoisotopic (exact) mass is 167 g/mol. The van der Waals surface area contributed by atoms with Gasteiger partial charge in [-0.15, -0.1) is 0 Å². The first-order valence-electron chi connectivity index (χ1n) is 2.45. The second-order valence-corrected chi connectivity index (χ2v) is 4.24. The van der Waals surface area contributed by atoms with E-state index in [0.29, 0.717) is 13.1 Å². The van der Waals surface area contributed by atoms with Crippen molar-refractivity contribution in [2.75, 3.05) is 13.1 Å². The predicted octanol–water partition coefficient (Wildman–Crippen LogP) is 0.342. The van der Waals surface area contributed by atoms with E-state index in [1.807, 2.05) is 0 Å². The quantitative estimate of drug-likeness (QED) is 0.417. The lowest BCUT2D eigenvalue weighted by Gasteiger charge is -2.07. The highest BCUT2D eigenvalue weighted by Gasteiger charge is 2.18. The molecule has 0 saturated heterocycles. The molecule has 1 aliphatic rings. The van der Waals surface area contributed by atoms with Crippen LogP contribution in [0, 0.1) is 0 Å². The van der Waals surface area contributed by atoms with Crippen molar-refractivity contribution in [3.8, 4) is 0 Å². The molecule has 0 saturated carbocycles. The summed E-state index contributed by atoms with van der Waals surface area (Å²) in [7, 11) is 1.54. The molecule has 0 bridgehead atoms. The molecule has 0 unspecified atom stereocenters. The molecule has 0 fully saturated rings. The van der Waals surface area contributed by atoms with Crippen LogP contribution in [0.2, 0.25) is 0 Å². The van der Waals surface area contributed by atoms with Crippen molar-refractivity contribution in [3.63, 3.8) is 0 Å². The Kier molecular flexibility index (Phi) is 1.79. The van der Waals surface area contributed by atoms with Crippen LogP contribution in [-0.2, 0) is 9.24 Å². The van der Waals surface area contributed by atoms with E-state index in [4.69, 9.17) is 10.7 Å². The molecule has 0 aromatic rings. The maximum atomic E-state index is 10.5. The van der Waals surface area contributed by atoms with Crippen LogP contribution in [0.25, 0.3) is 0 Å². The molecule has 0 atom stereocenters. The van der Waals surface area contributed by atoms with E-state index in [1.165, 1.54) is 4.31 Å². The summed E-state index contributed by atoms with van der Waals surface area (Å²) in [6.07, 6.45) is 3.53. The smallest absolute Gasteiger partial charge is 0.195 e. The molecular formula is C4H6ClNO2S. The van der Waals surface area contributed by atoms with Crippen LogP contribution >= 0.6 is 10.7 Å². The molecule has 1 aliphatic heterocycles. The summed E-state index contributed by atoms with van der Waals surface area (Å²) in [5, 5.41) is 0. The summed E-state index contributed by atoms with van der Waals surface area (Å²) < 4.78 is 22.1. The molecule has 1 heterocycles. The Bertz CT molecular complexity index is 213. The summed E-state index contributed by atoms with van der Waals surface area (Å²) >= 11 is 0. The molecule has 5 heteroatoms. The predicted molar refractivity (Wildman–Crippen MR) is 35.5 cm³/mol. The average Bonchev–Trinajstić information content (AvgIpc) is 2.08. The summed E-state index contributed by atoms with van der Waals surface area (Å²) in [6, 6.07) is 0. The zero-order valence-corrected chi connectivity index (χ0v) is 6.19. The van der Waals surface area contributed by atoms with Crippen LogP contribution in [0.15, 0.2) is 12.2 Å². The van der Waals surface area contributed by atoms with Crippen molar-refractivity contribution < 1.29 is 8.42 Å². The van der Waals surface area contributed by atoms with E-state index < -0.39 is 9.24 Å². The second kappa shape index (κ2) is 2.28. The van der Waals surface area contributed by atoms with Crippen LogP contribution in [0.5, 0.6) is 0 Å². The third-order valence-electron chi connectivity index (χ3n) is 1.09. The van der Waals surface area contributed by atoms with Gasteiger partial charge in [0.05, 0.1) is 0 Å². The Morgan fingerprint density at radius 1 is 1.33 bits per heavy atom. The van der Waals surface area contributed by atoms with Crippen LogP contribution < -0.4 is 0 Å². The highest BCUT2D eigenvalue weighted by Crippen LogP contribution is 2.09. The fourth-order valence-corrected chi connectivity index (χ4v) is 1.50. The van der Waals surface area contributed by atoms with Gasteiger partial charge in [-0.1, -0.05) is 12.2 Å². The SMILES string of the molecule is O=S(=O)(Cl)N1CC=CC1. The van der Waals surface area contributed by atoms with Gasteiger partial charge >= 0.3 is 0 Å². The Hall–Kier alpha value is -0.0600. The molecule has 3 nitrogen and oxygen atoms in total. The van der Waals surface area contributed by atoms with Gasteiger partial charge in [0.15, 0.2) is 0 Å².